The van der Waals surface area contributed by atoms with Crippen LogP contribution in [0.5, 0.6) is 0 Å². The molecule has 0 bridgehead atoms. The number of amides is 1. The lowest BCUT2D eigenvalue weighted by Gasteiger charge is -2.16. The van der Waals surface area contributed by atoms with Crippen LogP contribution in [0.1, 0.15) is 6.92 Å². The van der Waals surface area contributed by atoms with E-state index in [-0.39, 0.29) is 24.9 Å². The molecule has 0 aromatic carbocycles. The normalized spacial score (nSPS) is 11.5. The SMILES string of the molecule is CC(C#N)CN(C)CC(=O)NCC#N. The molecule has 0 aromatic rings. The lowest BCUT2D eigenvalue weighted by Crippen LogP contribution is -2.36. The van der Waals surface area contributed by atoms with Crippen molar-refractivity contribution in [2.24, 2.45) is 5.92 Å². The van der Waals surface area contributed by atoms with E-state index in [9.17, 15) is 4.79 Å². The summed E-state index contributed by atoms with van der Waals surface area (Å²) < 4.78 is 0. The molecule has 5 heteroatoms. The molecule has 0 spiro atoms. The molecule has 0 rings (SSSR count). The Labute approximate surface area is 83.9 Å². The molecule has 0 radical (unpaired) electrons. The van der Waals surface area contributed by atoms with E-state index in [1.807, 2.05) is 6.07 Å². The van der Waals surface area contributed by atoms with E-state index >= 15 is 0 Å². The van der Waals surface area contributed by atoms with Gasteiger partial charge in [0.15, 0.2) is 0 Å². The van der Waals surface area contributed by atoms with Crippen LogP contribution in [0.3, 0.4) is 0 Å². The zero-order valence-corrected chi connectivity index (χ0v) is 8.45. The van der Waals surface area contributed by atoms with Crippen LogP contribution in [0.4, 0.5) is 0 Å². The second-order valence-electron chi connectivity index (χ2n) is 3.16. The van der Waals surface area contributed by atoms with E-state index in [2.05, 4.69) is 11.4 Å². The van der Waals surface area contributed by atoms with Crippen LogP contribution in [0, 0.1) is 28.6 Å². The molecule has 1 amide bonds. The van der Waals surface area contributed by atoms with Crippen LogP contribution in [-0.2, 0) is 4.79 Å². The Balaban J connectivity index is 3.73. The predicted molar refractivity (Wildman–Crippen MR) is 50.9 cm³/mol. The maximum atomic E-state index is 11.1. The minimum Gasteiger partial charge on any atom is -0.342 e. The van der Waals surface area contributed by atoms with Crippen molar-refractivity contribution in [3.63, 3.8) is 0 Å². The fourth-order valence-corrected chi connectivity index (χ4v) is 1.01. The van der Waals surface area contributed by atoms with Crippen molar-refractivity contribution in [1.82, 2.24) is 10.2 Å². The lowest BCUT2D eigenvalue weighted by atomic mass is 10.2. The predicted octanol–water partition coefficient (Wildman–Crippen LogP) is -0.282. The molecule has 14 heavy (non-hydrogen) atoms. The average molecular weight is 194 g/mol. The average Bonchev–Trinajstić information content (AvgIpc) is 2.14. The minimum atomic E-state index is -0.195. The molecule has 0 heterocycles. The minimum absolute atomic E-state index is 0.0283. The van der Waals surface area contributed by atoms with Crippen LogP contribution in [0.25, 0.3) is 0 Å². The van der Waals surface area contributed by atoms with E-state index in [4.69, 9.17) is 10.5 Å². The highest BCUT2D eigenvalue weighted by atomic mass is 16.1. The summed E-state index contributed by atoms with van der Waals surface area (Å²) in [6.45, 7) is 2.59. The number of carbonyl (C=O) groups is 1. The van der Waals surface area contributed by atoms with Gasteiger partial charge < -0.3 is 5.32 Å². The molecule has 0 aromatic heterocycles. The summed E-state index contributed by atoms with van der Waals surface area (Å²) in [5, 5.41) is 19.2. The van der Waals surface area contributed by atoms with Gasteiger partial charge in [-0.1, -0.05) is 0 Å². The van der Waals surface area contributed by atoms with E-state index in [1.54, 1.807) is 18.9 Å². The van der Waals surface area contributed by atoms with Gasteiger partial charge in [-0.3, -0.25) is 9.69 Å². The van der Waals surface area contributed by atoms with Gasteiger partial charge in [0.2, 0.25) is 5.91 Å². The third kappa shape index (κ3) is 5.99. The largest absolute Gasteiger partial charge is 0.342 e. The van der Waals surface area contributed by atoms with Crippen molar-refractivity contribution in [2.45, 2.75) is 6.92 Å². The van der Waals surface area contributed by atoms with E-state index in [0.29, 0.717) is 6.54 Å². The molecule has 0 aliphatic heterocycles. The standard InChI is InChI=1S/C9H14N4O/c1-8(5-11)6-13(2)7-9(14)12-4-3-10/h8H,4,6-7H2,1-2H3,(H,12,14). The molecule has 0 saturated heterocycles. The molecule has 76 valence electrons. The smallest absolute Gasteiger partial charge is 0.234 e. The first-order valence-electron chi connectivity index (χ1n) is 4.32. The van der Waals surface area contributed by atoms with Crippen molar-refractivity contribution >= 4 is 5.91 Å². The molecule has 0 aliphatic rings. The number of hydrogen-bond acceptors (Lipinski definition) is 4. The summed E-state index contributed by atoms with van der Waals surface area (Å²) in [6.07, 6.45) is 0. The van der Waals surface area contributed by atoms with Gasteiger partial charge in [0.05, 0.1) is 24.6 Å². The molecule has 1 N–H and O–H groups in total. The highest BCUT2D eigenvalue weighted by molar-refractivity contribution is 5.78. The van der Waals surface area contributed by atoms with E-state index in [0.717, 1.165) is 0 Å². The third-order valence-electron chi connectivity index (χ3n) is 1.58. The Hall–Kier alpha value is -1.59. The Morgan fingerprint density at radius 2 is 2.21 bits per heavy atom. The molecule has 5 nitrogen and oxygen atoms in total. The van der Waals surface area contributed by atoms with Gasteiger partial charge in [-0.25, -0.2) is 0 Å². The van der Waals surface area contributed by atoms with Gasteiger partial charge in [0.25, 0.3) is 0 Å². The quantitative estimate of drug-likeness (QED) is 0.610. The fraction of sp³-hybridized carbons (Fsp3) is 0.667. The van der Waals surface area contributed by atoms with Crippen molar-refractivity contribution in [3.05, 3.63) is 0 Å². The summed E-state index contributed by atoms with van der Waals surface area (Å²) in [5.74, 6) is -0.289. The van der Waals surface area contributed by atoms with Crippen molar-refractivity contribution in [1.29, 1.82) is 10.5 Å². The summed E-state index contributed by atoms with van der Waals surface area (Å²) in [4.78, 5) is 12.8. The Morgan fingerprint density at radius 1 is 1.57 bits per heavy atom. The van der Waals surface area contributed by atoms with Gasteiger partial charge in [-0.05, 0) is 14.0 Å². The van der Waals surface area contributed by atoms with Gasteiger partial charge in [-0.15, -0.1) is 0 Å². The molecule has 1 unspecified atom stereocenters. The Kier molecular flexibility index (Phi) is 6.09. The molecule has 0 fully saturated rings. The number of rotatable bonds is 5. The maximum absolute atomic E-state index is 11.1. The summed E-state index contributed by atoms with van der Waals surface area (Å²) >= 11 is 0. The first-order valence-corrected chi connectivity index (χ1v) is 4.32. The van der Waals surface area contributed by atoms with Gasteiger partial charge >= 0.3 is 0 Å². The van der Waals surface area contributed by atoms with Crippen LogP contribution in [0.2, 0.25) is 0 Å². The van der Waals surface area contributed by atoms with Crippen molar-refractivity contribution < 1.29 is 4.79 Å². The first kappa shape index (κ1) is 12.4. The van der Waals surface area contributed by atoms with Gasteiger partial charge in [0.1, 0.15) is 6.54 Å². The monoisotopic (exact) mass is 194 g/mol. The highest BCUT2D eigenvalue weighted by Crippen LogP contribution is 1.94. The second-order valence-corrected chi connectivity index (χ2v) is 3.16. The number of nitrogens with one attached hydrogen (secondary N) is 1. The molecular formula is C9H14N4O. The molecular weight excluding hydrogens is 180 g/mol. The molecule has 0 saturated carbocycles. The van der Waals surface area contributed by atoms with Gasteiger partial charge in [0, 0.05) is 6.54 Å². The van der Waals surface area contributed by atoms with Crippen LogP contribution in [-0.4, -0.2) is 37.5 Å². The van der Waals surface area contributed by atoms with E-state index < -0.39 is 0 Å². The van der Waals surface area contributed by atoms with Crippen molar-refractivity contribution in [2.75, 3.05) is 26.7 Å². The van der Waals surface area contributed by atoms with E-state index in [1.165, 1.54) is 0 Å². The highest BCUT2D eigenvalue weighted by Gasteiger charge is 2.08. The van der Waals surface area contributed by atoms with Crippen LogP contribution in [0.15, 0.2) is 0 Å². The summed E-state index contributed by atoms with van der Waals surface area (Å²) in [6, 6.07) is 3.91. The Bertz CT molecular complexity index is 263. The Morgan fingerprint density at radius 3 is 2.71 bits per heavy atom. The summed E-state index contributed by atoms with van der Waals surface area (Å²) in [5.41, 5.74) is 0. The maximum Gasteiger partial charge on any atom is 0.234 e. The van der Waals surface area contributed by atoms with Gasteiger partial charge in [-0.2, -0.15) is 10.5 Å². The number of likely N-dealkylation sites (N-methyl/N-ethyl adjacent to an activating group) is 1. The summed E-state index contributed by atoms with van der Waals surface area (Å²) in [7, 11) is 1.76. The topological polar surface area (TPSA) is 79.9 Å². The third-order valence-corrected chi connectivity index (χ3v) is 1.58. The zero-order valence-electron chi connectivity index (χ0n) is 8.45. The molecule has 1 atom stereocenters. The van der Waals surface area contributed by atoms with Crippen LogP contribution < -0.4 is 5.32 Å². The molecule has 0 aliphatic carbocycles. The fourth-order valence-electron chi connectivity index (χ4n) is 1.01. The number of nitriles is 2. The van der Waals surface area contributed by atoms with Crippen molar-refractivity contribution in [3.8, 4) is 12.1 Å². The number of nitrogens with zero attached hydrogens (tertiary/aromatic N) is 3. The number of carbonyl (C=O) groups excluding carboxylic acids is 1. The zero-order chi connectivity index (χ0) is 11.0. The van der Waals surface area contributed by atoms with Crippen LogP contribution >= 0.6 is 0 Å². The lowest BCUT2D eigenvalue weighted by molar-refractivity contribution is -0.121. The number of hydrogen-bond donors (Lipinski definition) is 1. The second kappa shape index (κ2) is 6.88. The first-order chi connectivity index (χ1) is 6.60.